The van der Waals surface area contributed by atoms with Crippen molar-refractivity contribution in [2.75, 3.05) is 7.05 Å². The normalized spacial score (nSPS) is 24.9. The highest BCUT2D eigenvalue weighted by molar-refractivity contribution is 5.40. The number of aryl methyl sites for hydroxylation is 3. The third kappa shape index (κ3) is 2.71. The number of nitrogens with one attached hydrogen (secondary N) is 1. The Labute approximate surface area is 106 Å². The van der Waals surface area contributed by atoms with Gasteiger partial charge in [-0.05, 0) is 76.1 Å². The lowest BCUT2D eigenvalue weighted by molar-refractivity contribution is 0.357. The maximum atomic E-state index is 3.41. The third-order valence-corrected chi connectivity index (χ3v) is 4.28. The van der Waals surface area contributed by atoms with E-state index in [1.54, 1.807) is 5.56 Å². The number of rotatable bonds is 2. The molecule has 0 unspecified atom stereocenters. The highest BCUT2D eigenvalue weighted by Crippen LogP contribution is 2.36. The molecule has 0 aliphatic heterocycles. The van der Waals surface area contributed by atoms with Crippen molar-refractivity contribution in [1.29, 1.82) is 0 Å². The standard InChI is InChI=1S/C16H25N/c1-11-9-12(2)16(13(3)10-11)14-5-7-15(17-4)8-6-14/h9-10,14-15,17H,5-8H2,1-4H3. The topological polar surface area (TPSA) is 12.0 Å². The molecule has 0 atom stereocenters. The van der Waals surface area contributed by atoms with Crippen molar-refractivity contribution >= 4 is 0 Å². The molecule has 1 aliphatic rings. The Hall–Kier alpha value is -0.820. The molecule has 1 heteroatoms. The fourth-order valence-corrected chi connectivity index (χ4v) is 3.51. The lowest BCUT2D eigenvalue weighted by Crippen LogP contribution is -2.29. The van der Waals surface area contributed by atoms with Crippen LogP contribution in [0.5, 0.6) is 0 Å². The lowest BCUT2D eigenvalue weighted by atomic mass is 9.78. The van der Waals surface area contributed by atoms with Crippen molar-refractivity contribution in [2.24, 2.45) is 0 Å². The second-order valence-electron chi connectivity index (χ2n) is 5.65. The van der Waals surface area contributed by atoms with E-state index < -0.39 is 0 Å². The minimum Gasteiger partial charge on any atom is -0.317 e. The van der Waals surface area contributed by atoms with Crippen LogP contribution < -0.4 is 5.32 Å². The molecule has 1 N–H and O–H groups in total. The molecule has 0 aromatic heterocycles. The van der Waals surface area contributed by atoms with Crippen molar-refractivity contribution in [3.63, 3.8) is 0 Å². The Morgan fingerprint density at radius 2 is 1.47 bits per heavy atom. The zero-order valence-corrected chi connectivity index (χ0v) is 11.6. The van der Waals surface area contributed by atoms with Crippen LogP contribution in [0.25, 0.3) is 0 Å². The van der Waals surface area contributed by atoms with Gasteiger partial charge in [0.25, 0.3) is 0 Å². The van der Waals surface area contributed by atoms with Crippen LogP contribution in [0.2, 0.25) is 0 Å². The summed E-state index contributed by atoms with van der Waals surface area (Å²) in [5.41, 5.74) is 6.02. The van der Waals surface area contributed by atoms with E-state index >= 15 is 0 Å². The second kappa shape index (κ2) is 5.22. The van der Waals surface area contributed by atoms with Crippen molar-refractivity contribution in [3.05, 3.63) is 34.4 Å². The maximum absolute atomic E-state index is 3.41. The van der Waals surface area contributed by atoms with Gasteiger partial charge >= 0.3 is 0 Å². The SMILES string of the molecule is CNC1CCC(c2c(C)cc(C)cc2C)CC1. The quantitative estimate of drug-likeness (QED) is 0.815. The summed E-state index contributed by atoms with van der Waals surface area (Å²) in [6, 6.07) is 5.43. The highest BCUT2D eigenvalue weighted by atomic mass is 14.9. The summed E-state index contributed by atoms with van der Waals surface area (Å²) in [7, 11) is 2.09. The van der Waals surface area contributed by atoms with Gasteiger partial charge in [-0.3, -0.25) is 0 Å². The summed E-state index contributed by atoms with van der Waals surface area (Å²) < 4.78 is 0. The van der Waals surface area contributed by atoms with Gasteiger partial charge in [-0.2, -0.15) is 0 Å². The van der Waals surface area contributed by atoms with E-state index in [-0.39, 0.29) is 0 Å². The summed E-state index contributed by atoms with van der Waals surface area (Å²) in [5.74, 6) is 0.792. The largest absolute Gasteiger partial charge is 0.317 e. The molecule has 17 heavy (non-hydrogen) atoms. The van der Waals surface area contributed by atoms with Crippen molar-refractivity contribution in [3.8, 4) is 0 Å². The van der Waals surface area contributed by atoms with E-state index in [1.807, 2.05) is 0 Å². The molecule has 0 spiro atoms. The molecule has 1 aromatic carbocycles. The first-order valence-electron chi connectivity index (χ1n) is 6.87. The summed E-state index contributed by atoms with van der Waals surface area (Å²) >= 11 is 0. The van der Waals surface area contributed by atoms with E-state index in [0.29, 0.717) is 0 Å². The fourth-order valence-electron chi connectivity index (χ4n) is 3.51. The first kappa shape index (κ1) is 12.6. The molecule has 1 nitrogen and oxygen atoms in total. The summed E-state index contributed by atoms with van der Waals surface area (Å²) in [5, 5.41) is 3.41. The predicted molar refractivity (Wildman–Crippen MR) is 74.7 cm³/mol. The van der Waals surface area contributed by atoms with Gasteiger partial charge in [-0.25, -0.2) is 0 Å². The Balaban J connectivity index is 2.18. The first-order valence-corrected chi connectivity index (χ1v) is 6.87. The van der Waals surface area contributed by atoms with E-state index in [9.17, 15) is 0 Å². The van der Waals surface area contributed by atoms with Gasteiger partial charge in [0.15, 0.2) is 0 Å². The molecule has 94 valence electrons. The second-order valence-corrected chi connectivity index (χ2v) is 5.65. The molecule has 0 radical (unpaired) electrons. The zero-order chi connectivity index (χ0) is 12.4. The van der Waals surface area contributed by atoms with Gasteiger partial charge in [-0.15, -0.1) is 0 Å². The third-order valence-electron chi connectivity index (χ3n) is 4.28. The van der Waals surface area contributed by atoms with Crippen molar-refractivity contribution in [1.82, 2.24) is 5.32 Å². The molecule has 2 rings (SSSR count). The highest BCUT2D eigenvalue weighted by Gasteiger charge is 2.23. The summed E-state index contributed by atoms with van der Waals surface area (Å²) in [6.45, 7) is 6.75. The van der Waals surface area contributed by atoms with E-state index in [0.717, 1.165) is 12.0 Å². The maximum Gasteiger partial charge on any atom is 0.00644 e. The van der Waals surface area contributed by atoms with Crippen LogP contribution in [0, 0.1) is 20.8 Å². The number of hydrogen-bond donors (Lipinski definition) is 1. The Kier molecular flexibility index (Phi) is 3.88. The van der Waals surface area contributed by atoms with Crippen LogP contribution in [0.3, 0.4) is 0 Å². The van der Waals surface area contributed by atoms with Crippen molar-refractivity contribution in [2.45, 2.75) is 58.4 Å². The Morgan fingerprint density at radius 1 is 0.941 bits per heavy atom. The fraction of sp³-hybridized carbons (Fsp3) is 0.625. The monoisotopic (exact) mass is 231 g/mol. The first-order chi connectivity index (χ1) is 8.11. The van der Waals surface area contributed by atoms with Crippen LogP contribution in [0.4, 0.5) is 0 Å². The van der Waals surface area contributed by atoms with Gasteiger partial charge in [0, 0.05) is 6.04 Å². The molecule has 1 aromatic rings. The van der Waals surface area contributed by atoms with Crippen LogP contribution in [0.15, 0.2) is 12.1 Å². The average Bonchev–Trinajstić information content (AvgIpc) is 2.28. The Morgan fingerprint density at radius 3 is 1.94 bits per heavy atom. The minimum absolute atomic E-state index is 0.748. The average molecular weight is 231 g/mol. The Bertz CT molecular complexity index is 364. The number of hydrogen-bond acceptors (Lipinski definition) is 1. The van der Waals surface area contributed by atoms with E-state index in [4.69, 9.17) is 0 Å². The molecule has 1 saturated carbocycles. The van der Waals surface area contributed by atoms with Crippen LogP contribution >= 0.6 is 0 Å². The molecule has 0 bridgehead atoms. The van der Waals surface area contributed by atoms with Crippen LogP contribution in [0.1, 0.15) is 53.9 Å². The van der Waals surface area contributed by atoms with Crippen molar-refractivity contribution < 1.29 is 0 Å². The predicted octanol–water partition coefficient (Wildman–Crippen LogP) is 3.86. The summed E-state index contributed by atoms with van der Waals surface area (Å²) in [4.78, 5) is 0. The molecular weight excluding hydrogens is 206 g/mol. The molecule has 0 amide bonds. The van der Waals surface area contributed by atoms with Gasteiger partial charge < -0.3 is 5.32 Å². The molecule has 0 heterocycles. The van der Waals surface area contributed by atoms with Gasteiger partial charge in [0.2, 0.25) is 0 Å². The molecule has 0 saturated heterocycles. The minimum atomic E-state index is 0.748. The molecular formula is C16H25N. The molecule has 1 aliphatic carbocycles. The summed E-state index contributed by atoms with van der Waals surface area (Å²) in [6.07, 6.45) is 5.34. The zero-order valence-electron chi connectivity index (χ0n) is 11.6. The van der Waals surface area contributed by atoms with Crippen LogP contribution in [-0.2, 0) is 0 Å². The van der Waals surface area contributed by atoms with Gasteiger partial charge in [0.1, 0.15) is 0 Å². The van der Waals surface area contributed by atoms with Gasteiger partial charge in [-0.1, -0.05) is 17.7 Å². The van der Waals surface area contributed by atoms with E-state index in [2.05, 4.69) is 45.3 Å². The smallest absolute Gasteiger partial charge is 0.00644 e. The van der Waals surface area contributed by atoms with Crippen LogP contribution in [-0.4, -0.2) is 13.1 Å². The molecule has 1 fully saturated rings. The van der Waals surface area contributed by atoms with E-state index in [1.165, 1.54) is 42.4 Å². The number of benzene rings is 1. The lowest BCUT2D eigenvalue weighted by Gasteiger charge is -2.30. The van der Waals surface area contributed by atoms with Gasteiger partial charge in [0.05, 0.1) is 0 Å².